The van der Waals surface area contributed by atoms with Crippen molar-refractivity contribution in [3.05, 3.63) is 24.3 Å². The fraction of sp³-hybridized carbons (Fsp3) is 0.562. The van der Waals surface area contributed by atoms with E-state index in [1.807, 2.05) is 36.1 Å². The molecule has 1 saturated heterocycles. The summed E-state index contributed by atoms with van der Waals surface area (Å²) in [6.07, 6.45) is 0.982. The Balaban J connectivity index is 1.80. The molecule has 1 aliphatic heterocycles. The number of hydrogen-bond acceptors (Lipinski definition) is 4. The predicted molar refractivity (Wildman–Crippen MR) is 81.8 cm³/mol. The van der Waals surface area contributed by atoms with E-state index in [4.69, 9.17) is 9.47 Å². The van der Waals surface area contributed by atoms with Gasteiger partial charge in [0.1, 0.15) is 11.5 Å². The molecule has 1 aliphatic rings. The summed E-state index contributed by atoms with van der Waals surface area (Å²) < 4.78 is 11.1. The minimum Gasteiger partial charge on any atom is -0.494 e. The first-order valence-electron chi connectivity index (χ1n) is 7.56. The molecule has 5 heteroatoms. The second-order valence-corrected chi connectivity index (χ2v) is 5.25. The zero-order chi connectivity index (χ0) is 15.1. The standard InChI is InChI=1S/C16H24N2O3/c1-3-10-20-14-4-6-15(7-5-14)21-12-16(19)18-9-8-17-11-13(18)2/h4-7,13,17H,3,8-12H2,1-2H3/t13-/m1/s1. The van der Waals surface area contributed by atoms with Crippen LogP contribution < -0.4 is 14.8 Å². The highest BCUT2D eigenvalue weighted by atomic mass is 16.5. The summed E-state index contributed by atoms with van der Waals surface area (Å²) in [7, 11) is 0. The molecule has 2 rings (SSSR count). The molecule has 1 atom stereocenters. The molecule has 0 saturated carbocycles. The summed E-state index contributed by atoms with van der Waals surface area (Å²) in [6, 6.07) is 7.62. The summed E-state index contributed by atoms with van der Waals surface area (Å²) >= 11 is 0. The predicted octanol–water partition coefficient (Wildman–Crippen LogP) is 1.67. The van der Waals surface area contributed by atoms with Gasteiger partial charge in [0.2, 0.25) is 0 Å². The lowest BCUT2D eigenvalue weighted by molar-refractivity contribution is -0.136. The quantitative estimate of drug-likeness (QED) is 0.866. The largest absolute Gasteiger partial charge is 0.494 e. The molecule has 1 N–H and O–H groups in total. The van der Waals surface area contributed by atoms with Crippen LogP contribution in [0.5, 0.6) is 11.5 Å². The van der Waals surface area contributed by atoms with Crippen LogP contribution in [0, 0.1) is 0 Å². The van der Waals surface area contributed by atoms with Crippen LogP contribution in [0.1, 0.15) is 20.3 Å². The van der Waals surface area contributed by atoms with E-state index < -0.39 is 0 Å². The van der Waals surface area contributed by atoms with Gasteiger partial charge in [-0.15, -0.1) is 0 Å². The third kappa shape index (κ3) is 4.63. The second-order valence-electron chi connectivity index (χ2n) is 5.25. The molecule has 0 bridgehead atoms. The minimum absolute atomic E-state index is 0.0373. The van der Waals surface area contributed by atoms with Gasteiger partial charge in [0.05, 0.1) is 6.61 Å². The Hall–Kier alpha value is -1.75. The number of rotatable bonds is 6. The molecule has 1 amide bonds. The van der Waals surface area contributed by atoms with Gasteiger partial charge in [0, 0.05) is 25.7 Å². The van der Waals surface area contributed by atoms with Crippen LogP contribution in [-0.4, -0.2) is 49.7 Å². The van der Waals surface area contributed by atoms with E-state index in [0.29, 0.717) is 12.4 Å². The number of benzene rings is 1. The van der Waals surface area contributed by atoms with Gasteiger partial charge in [0.25, 0.3) is 5.91 Å². The van der Waals surface area contributed by atoms with E-state index in [2.05, 4.69) is 12.2 Å². The van der Waals surface area contributed by atoms with Crippen molar-refractivity contribution in [3.8, 4) is 11.5 Å². The zero-order valence-electron chi connectivity index (χ0n) is 12.8. The topological polar surface area (TPSA) is 50.8 Å². The first-order valence-corrected chi connectivity index (χ1v) is 7.56. The Morgan fingerprint density at radius 1 is 1.29 bits per heavy atom. The Kier molecular flexibility index (Phi) is 5.87. The van der Waals surface area contributed by atoms with Crippen LogP contribution in [0.3, 0.4) is 0 Å². The van der Waals surface area contributed by atoms with Crippen LogP contribution >= 0.6 is 0 Å². The molecule has 1 aromatic carbocycles. The minimum atomic E-state index is 0.0373. The SMILES string of the molecule is CCCOc1ccc(OCC(=O)N2CCNC[C@H]2C)cc1. The van der Waals surface area contributed by atoms with Gasteiger partial charge < -0.3 is 19.7 Å². The van der Waals surface area contributed by atoms with Gasteiger partial charge in [0.15, 0.2) is 6.61 Å². The third-order valence-corrected chi connectivity index (χ3v) is 3.48. The summed E-state index contributed by atoms with van der Waals surface area (Å²) in [6.45, 7) is 7.34. The van der Waals surface area contributed by atoms with Gasteiger partial charge in [-0.3, -0.25) is 4.79 Å². The smallest absolute Gasteiger partial charge is 0.260 e. The lowest BCUT2D eigenvalue weighted by atomic mass is 10.2. The number of nitrogens with zero attached hydrogens (tertiary/aromatic N) is 1. The number of ether oxygens (including phenoxy) is 2. The molecular weight excluding hydrogens is 268 g/mol. The van der Waals surface area contributed by atoms with Gasteiger partial charge in [-0.25, -0.2) is 0 Å². The third-order valence-electron chi connectivity index (χ3n) is 3.48. The van der Waals surface area contributed by atoms with Crippen LogP contribution in [0.2, 0.25) is 0 Å². The van der Waals surface area contributed by atoms with Crippen molar-refractivity contribution in [3.63, 3.8) is 0 Å². The van der Waals surface area contributed by atoms with Gasteiger partial charge in [-0.1, -0.05) is 6.92 Å². The first-order chi connectivity index (χ1) is 10.2. The molecule has 0 aromatic heterocycles. The molecule has 1 heterocycles. The van der Waals surface area contributed by atoms with Crippen molar-refractivity contribution in [1.82, 2.24) is 10.2 Å². The van der Waals surface area contributed by atoms with Crippen LogP contribution in [-0.2, 0) is 4.79 Å². The zero-order valence-corrected chi connectivity index (χ0v) is 12.8. The van der Waals surface area contributed by atoms with Crippen molar-refractivity contribution in [1.29, 1.82) is 0 Å². The Morgan fingerprint density at radius 2 is 1.95 bits per heavy atom. The molecule has 0 unspecified atom stereocenters. The van der Waals surface area contributed by atoms with E-state index in [-0.39, 0.29) is 18.6 Å². The highest BCUT2D eigenvalue weighted by molar-refractivity contribution is 5.78. The van der Waals surface area contributed by atoms with Crippen LogP contribution in [0.4, 0.5) is 0 Å². The van der Waals surface area contributed by atoms with Gasteiger partial charge >= 0.3 is 0 Å². The monoisotopic (exact) mass is 292 g/mol. The second kappa shape index (κ2) is 7.88. The molecule has 1 fully saturated rings. The normalized spacial score (nSPS) is 18.4. The first kappa shape index (κ1) is 15.6. The number of amides is 1. The van der Waals surface area contributed by atoms with E-state index in [0.717, 1.165) is 31.8 Å². The Bertz CT molecular complexity index is 447. The molecule has 116 valence electrons. The summed E-state index contributed by atoms with van der Waals surface area (Å²) in [5.41, 5.74) is 0. The summed E-state index contributed by atoms with van der Waals surface area (Å²) in [4.78, 5) is 14.0. The maximum Gasteiger partial charge on any atom is 0.260 e. The lowest BCUT2D eigenvalue weighted by Gasteiger charge is -2.33. The molecule has 1 aromatic rings. The lowest BCUT2D eigenvalue weighted by Crippen LogP contribution is -2.53. The Morgan fingerprint density at radius 3 is 2.57 bits per heavy atom. The van der Waals surface area contributed by atoms with Crippen LogP contribution in [0.25, 0.3) is 0 Å². The van der Waals surface area contributed by atoms with Gasteiger partial charge in [-0.2, -0.15) is 0 Å². The number of nitrogens with one attached hydrogen (secondary N) is 1. The fourth-order valence-electron chi connectivity index (χ4n) is 2.29. The van der Waals surface area contributed by atoms with Crippen molar-refractivity contribution >= 4 is 5.91 Å². The number of hydrogen-bond donors (Lipinski definition) is 1. The van der Waals surface area contributed by atoms with Crippen molar-refractivity contribution in [2.45, 2.75) is 26.3 Å². The van der Waals surface area contributed by atoms with Crippen molar-refractivity contribution in [2.75, 3.05) is 32.8 Å². The van der Waals surface area contributed by atoms with E-state index >= 15 is 0 Å². The van der Waals surface area contributed by atoms with E-state index in [9.17, 15) is 4.79 Å². The Labute approximate surface area is 126 Å². The molecule has 21 heavy (non-hydrogen) atoms. The maximum absolute atomic E-state index is 12.1. The number of piperazine rings is 1. The van der Waals surface area contributed by atoms with Crippen molar-refractivity contribution in [2.24, 2.45) is 0 Å². The maximum atomic E-state index is 12.1. The molecular formula is C16H24N2O3. The molecule has 0 aliphatic carbocycles. The molecule has 0 radical (unpaired) electrons. The van der Waals surface area contributed by atoms with Crippen molar-refractivity contribution < 1.29 is 14.3 Å². The fourth-order valence-corrected chi connectivity index (χ4v) is 2.29. The van der Waals surface area contributed by atoms with Gasteiger partial charge in [-0.05, 0) is 37.6 Å². The van der Waals surface area contributed by atoms with Crippen LogP contribution in [0.15, 0.2) is 24.3 Å². The average molecular weight is 292 g/mol. The van der Waals surface area contributed by atoms with E-state index in [1.54, 1.807) is 0 Å². The van der Waals surface area contributed by atoms with E-state index in [1.165, 1.54) is 0 Å². The summed E-state index contributed by atoms with van der Waals surface area (Å²) in [5.74, 6) is 1.55. The summed E-state index contributed by atoms with van der Waals surface area (Å²) in [5, 5.41) is 3.27. The number of carbonyl (C=O) groups is 1. The highest BCUT2D eigenvalue weighted by Gasteiger charge is 2.22. The average Bonchev–Trinajstić information content (AvgIpc) is 2.52. The molecule has 5 nitrogen and oxygen atoms in total. The number of carbonyl (C=O) groups excluding carboxylic acids is 1. The molecule has 0 spiro atoms. The highest BCUT2D eigenvalue weighted by Crippen LogP contribution is 2.18.